The summed E-state index contributed by atoms with van der Waals surface area (Å²) < 4.78 is 18.0. The van der Waals surface area contributed by atoms with Crippen molar-refractivity contribution in [2.75, 3.05) is 0 Å². The number of nitrogens with two attached hydrogens (primary N) is 1. The number of aromatic nitrogens is 2. The molecule has 0 saturated heterocycles. The van der Waals surface area contributed by atoms with Gasteiger partial charge in [0.15, 0.2) is 7.14 Å². The van der Waals surface area contributed by atoms with Crippen LogP contribution in [0, 0.1) is 0 Å². The molecule has 0 amide bonds. The number of hydrogen-bond donors (Lipinski definition) is 2. The van der Waals surface area contributed by atoms with Gasteiger partial charge in [0.05, 0.1) is 0 Å². The van der Waals surface area contributed by atoms with Gasteiger partial charge in [0, 0.05) is 15.9 Å². The van der Waals surface area contributed by atoms with E-state index in [9.17, 15) is 4.89 Å². The van der Waals surface area contributed by atoms with Gasteiger partial charge in [0.25, 0.3) is 0 Å². The van der Waals surface area contributed by atoms with Crippen molar-refractivity contribution in [2.45, 2.75) is 25.7 Å². The van der Waals surface area contributed by atoms with Crippen LogP contribution in [0.4, 0.5) is 0 Å². The van der Waals surface area contributed by atoms with E-state index in [1.54, 1.807) is 6.20 Å². The van der Waals surface area contributed by atoms with Crippen molar-refractivity contribution in [1.82, 2.24) is 9.38 Å². The van der Waals surface area contributed by atoms with Gasteiger partial charge in [-0.15, -0.1) is 0 Å². The van der Waals surface area contributed by atoms with Crippen molar-refractivity contribution in [3.05, 3.63) is 234 Å². The van der Waals surface area contributed by atoms with Gasteiger partial charge in [-0.1, -0.05) is 66.8 Å². The summed E-state index contributed by atoms with van der Waals surface area (Å²) in [5.74, 6) is 0. The van der Waals surface area contributed by atoms with Gasteiger partial charge >= 0.3 is 256 Å². The molecule has 11 rings (SSSR count). The fourth-order valence-corrected chi connectivity index (χ4v) is 16.0. The van der Waals surface area contributed by atoms with Crippen LogP contribution >= 0.6 is 14.6 Å². The normalized spacial score (nSPS) is 15.9. The Morgan fingerprint density at radius 2 is 1.36 bits per heavy atom. The standard InChI is InChI=1S/C57H47N3O2P2/c1-39(47-26-14-16-28-50(47)55(38-58)64(62,44-22-10-4-11-23-44)45-24-12-5-13-25-45)40-30-33-48-41(36-40)31-34-51-49-27-15-17-29-52(49)57-59-53-35-32-46(37-54(53)60(57)56(48)51)63(61,42-18-6-2-7-19-42)43-20-8-3-9-21-43/h2,4-8,10-13,15-25,27-38,62,64H,1,3,9,14,26,58H2/b55-38+. The summed E-state index contributed by atoms with van der Waals surface area (Å²) >= 11 is 0. The minimum atomic E-state index is -3.54. The van der Waals surface area contributed by atoms with Crippen LogP contribution in [0.5, 0.6) is 0 Å². The Hall–Kier alpha value is -6.87. The minimum absolute atomic E-state index is 0.747. The van der Waals surface area contributed by atoms with Gasteiger partial charge in [0.1, 0.15) is 0 Å². The second kappa shape index (κ2) is 16.0. The third kappa shape index (κ3) is 6.30. The monoisotopic (exact) mass is 867 g/mol. The molecule has 5 nitrogen and oxygen atoms in total. The Labute approximate surface area is 373 Å². The number of hydrogen-bond acceptors (Lipinski definition) is 4. The predicted octanol–water partition coefficient (Wildman–Crippen LogP) is 12.3. The molecular formula is C57H47N3O2P2. The first-order valence-corrected chi connectivity index (χ1v) is 25.6. The van der Waals surface area contributed by atoms with Gasteiger partial charge in [-0.3, -0.25) is 0 Å². The Morgan fingerprint density at radius 3 is 2.06 bits per heavy atom. The quantitative estimate of drug-likeness (QED) is 0.112. The summed E-state index contributed by atoms with van der Waals surface area (Å²) in [5.41, 5.74) is 14.2. The molecule has 0 radical (unpaired) electrons. The molecule has 2 aromatic heterocycles. The first-order chi connectivity index (χ1) is 31.4. The molecule has 2 aliphatic rings. The predicted molar refractivity (Wildman–Crippen MR) is 274 cm³/mol. The van der Waals surface area contributed by atoms with Gasteiger partial charge < -0.3 is 4.57 Å². The van der Waals surface area contributed by atoms with Gasteiger partial charge in [-0.25, -0.2) is 0 Å². The maximum absolute atomic E-state index is 15.7. The Balaban J connectivity index is 1.10. The van der Waals surface area contributed by atoms with E-state index in [0.717, 1.165) is 129 Å². The summed E-state index contributed by atoms with van der Waals surface area (Å²) in [6, 6.07) is 55.6. The van der Waals surface area contributed by atoms with Crippen molar-refractivity contribution < 1.29 is 9.46 Å². The summed E-state index contributed by atoms with van der Waals surface area (Å²) in [4.78, 5) is 18.3. The molecule has 2 aliphatic carbocycles. The van der Waals surface area contributed by atoms with E-state index >= 15 is 4.57 Å². The van der Waals surface area contributed by atoms with Gasteiger partial charge in [-0.05, 0) is 25.0 Å². The van der Waals surface area contributed by atoms with Crippen LogP contribution in [-0.4, -0.2) is 14.3 Å². The van der Waals surface area contributed by atoms with Crippen molar-refractivity contribution >= 4 is 90.6 Å². The van der Waals surface area contributed by atoms with Crippen LogP contribution in [-0.2, 0) is 4.57 Å². The van der Waals surface area contributed by atoms with Crippen LogP contribution in [0.2, 0.25) is 0 Å². The van der Waals surface area contributed by atoms with E-state index in [4.69, 9.17) is 17.3 Å². The van der Waals surface area contributed by atoms with E-state index < -0.39 is 14.6 Å². The maximum atomic E-state index is 15.7. The number of imidazole rings is 1. The van der Waals surface area contributed by atoms with Gasteiger partial charge in [0.2, 0.25) is 0 Å². The first-order valence-electron chi connectivity index (χ1n) is 22.0. The van der Waals surface area contributed by atoms with Crippen molar-refractivity contribution in [3.63, 3.8) is 0 Å². The zero-order chi connectivity index (χ0) is 43.4. The molecule has 7 heteroatoms. The zero-order valence-corrected chi connectivity index (χ0v) is 37.3. The summed E-state index contributed by atoms with van der Waals surface area (Å²) in [5, 5.41) is 10.4. The molecule has 312 valence electrons. The molecule has 2 heterocycles. The van der Waals surface area contributed by atoms with Crippen LogP contribution in [0.15, 0.2) is 229 Å². The molecule has 0 saturated carbocycles. The van der Waals surface area contributed by atoms with Crippen molar-refractivity contribution in [2.24, 2.45) is 5.73 Å². The molecule has 1 unspecified atom stereocenters. The molecule has 9 aromatic rings. The van der Waals surface area contributed by atoms with Crippen LogP contribution in [0.3, 0.4) is 0 Å². The van der Waals surface area contributed by atoms with Crippen molar-refractivity contribution in [1.29, 1.82) is 0 Å². The zero-order valence-electron chi connectivity index (χ0n) is 35.4. The number of rotatable bonds is 9. The van der Waals surface area contributed by atoms with E-state index in [1.165, 1.54) is 0 Å². The molecule has 0 aliphatic heterocycles. The molecule has 64 heavy (non-hydrogen) atoms. The topological polar surface area (TPSA) is 80.6 Å². The van der Waals surface area contributed by atoms with Crippen LogP contribution in [0.1, 0.15) is 31.2 Å². The molecule has 0 bridgehead atoms. The number of benzene rings is 7. The van der Waals surface area contributed by atoms with E-state index in [0.29, 0.717) is 0 Å². The SMILES string of the molecule is C=C(C1=C(/C(=C\N)[PH](O)(c2ccccc2)c2ccccc2)C=CCC1)c1ccc2c(ccc3c4ccccc4c4nc5ccc(P(=O)(C6=CCCC=C6)c6ccccc6)cc5n4c23)c1. The second-order valence-electron chi connectivity index (χ2n) is 16.8. The molecule has 7 aromatic carbocycles. The number of pyridine rings is 1. The Bertz CT molecular complexity index is 3520. The average molecular weight is 868 g/mol. The van der Waals surface area contributed by atoms with Crippen LogP contribution in [0.25, 0.3) is 54.7 Å². The summed E-state index contributed by atoms with van der Waals surface area (Å²) in [6.45, 7) is 4.75. The van der Waals surface area contributed by atoms with Crippen LogP contribution < -0.4 is 27.0 Å². The third-order valence-electron chi connectivity index (χ3n) is 13.2. The number of nitrogens with zero attached hydrogens (tertiary/aromatic N) is 2. The first kappa shape index (κ1) is 39.9. The number of allylic oxidation sites excluding steroid dienone is 10. The molecule has 1 atom stereocenters. The Morgan fingerprint density at radius 1 is 0.688 bits per heavy atom. The molecule has 3 N–H and O–H groups in total. The second-order valence-corrected chi connectivity index (χ2v) is 22.7. The van der Waals surface area contributed by atoms with E-state index in [1.807, 2.05) is 103 Å². The Kier molecular flexibility index (Phi) is 10.0. The molecule has 0 spiro atoms. The van der Waals surface area contributed by atoms with E-state index in [-0.39, 0.29) is 0 Å². The fourth-order valence-electron chi connectivity index (χ4n) is 10.1. The average Bonchev–Trinajstić information content (AvgIpc) is 3.76. The number of fused-ring (bicyclic) bond motifs is 10. The molecule has 0 fully saturated rings. The summed E-state index contributed by atoms with van der Waals surface area (Å²) in [7, 11) is -6.75. The third-order valence-corrected chi connectivity index (χ3v) is 19.9. The van der Waals surface area contributed by atoms with Gasteiger partial charge in [-0.2, -0.15) is 0 Å². The molecular weight excluding hydrogens is 821 g/mol. The summed E-state index contributed by atoms with van der Waals surface area (Å²) in [6.07, 6.45) is 15.7. The fraction of sp³-hybridized carbons (Fsp3) is 0.0702. The van der Waals surface area contributed by atoms with Crippen molar-refractivity contribution in [3.8, 4) is 0 Å². The van der Waals surface area contributed by atoms with E-state index in [2.05, 4.69) is 95.4 Å².